The Morgan fingerprint density at radius 3 is 2.44 bits per heavy atom. The molecule has 0 aliphatic carbocycles. The predicted molar refractivity (Wildman–Crippen MR) is 72.4 cm³/mol. The molecule has 0 N–H and O–H groups in total. The number of alkyl halides is 1. The van der Waals surface area contributed by atoms with Gasteiger partial charge < -0.3 is 0 Å². The summed E-state index contributed by atoms with van der Waals surface area (Å²) in [4.78, 5) is 2.30. The SMILES string of the molecule is Cc1cc(C)c(C(Cl)Cc2ccc(F)c(F)c2)s1. The first-order chi connectivity index (χ1) is 8.47. The van der Waals surface area contributed by atoms with E-state index in [2.05, 4.69) is 6.07 Å². The zero-order valence-electron chi connectivity index (χ0n) is 10.1. The van der Waals surface area contributed by atoms with Crippen LogP contribution in [0.3, 0.4) is 0 Å². The summed E-state index contributed by atoms with van der Waals surface area (Å²) in [6.45, 7) is 4.04. The lowest BCUT2D eigenvalue weighted by molar-refractivity contribution is 0.507. The molecule has 2 rings (SSSR count). The zero-order valence-corrected chi connectivity index (χ0v) is 11.7. The van der Waals surface area contributed by atoms with Gasteiger partial charge in [0, 0.05) is 9.75 Å². The summed E-state index contributed by atoms with van der Waals surface area (Å²) in [5.41, 5.74) is 1.86. The molecule has 0 amide bonds. The summed E-state index contributed by atoms with van der Waals surface area (Å²) in [7, 11) is 0. The van der Waals surface area contributed by atoms with Gasteiger partial charge in [-0.2, -0.15) is 0 Å². The highest BCUT2D eigenvalue weighted by Crippen LogP contribution is 2.34. The van der Waals surface area contributed by atoms with Crippen molar-refractivity contribution in [1.29, 1.82) is 0 Å². The van der Waals surface area contributed by atoms with Gasteiger partial charge in [-0.1, -0.05) is 6.07 Å². The fourth-order valence-corrected chi connectivity index (χ4v) is 3.43. The molecule has 1 atom stereocenters. The second-order valence-corrected chi connectivity index (χ2v) is 6.14. The molecule has 0 aliphatic heterocycles. The Morgan fingerprint density at radius 1 is 1.17 bits per heavy atom. The number of hydrogen-bond donors (Lipinski definition) is 0. The van der Waals surface area contributed by atoms with Crippen molar-refractivity contribution in [3.63, 3.8) is 0 Å². The molecule has 0 aliphatic rings. The van der Waals surface area contributed by atoms with E-state index in [1.807, 2.05) is 13.8 Å². The van der Waals surface area contributed by atoms with E-state index in [1.54, 1.807) is 17.4 Å². The molecular weight excluding hydrogens is 274 g/mol. The van der Waals surface area contributed by atoms with Gasteiger partial charge in [0.25, 0.3) is 0 Å². The third kappa shape index (κ3) is 2.90. The average molecular weight is 287 g/mol. The molecule has 1 aromatic carbocycles. The third-order valence-corrected chi connectivity index (χ3v) is 4.53. The largest absolute Gasteiger partial charge is 0.204 e. The van der Waals surface area contributed by atoms with Crippen LogP contribution in [0, 0.1) is 25.5 Å². The van der Waals surface area contributed by atoms with E-state index in [-0.39, 0.29) is 5.38 Å². The van der Waals surface area contributed by atoms with Gasteiger partial charge in [-0.15, -0.1) is 22.9 Å². The van der Waals surface area contributed by atoms with Crippen molar-refractivity contribution >= 4 is 22.9 Å². The van der Waals surface area contributed by atoms with E-state index >= 15 is 0 Å². The van der Waals surface area contributed by atoms with Gasteiger partial charge in [0.15, 0.2) is 11.6 Å². The van der Waals surface area contributed by atoms with Gasteiger partial charge in [0.05, 0.1) is 5.38 Å². The van der Waals surface area contributed by atoms with Gasteiger partial charge in [-0.05, 0) is 49.6 Å². The van der Waals surface area contributed by atoms with Crippen molar-refractivity contribution in [1.82, 2.24) is 0 Å². The number of aryl methyl sites for hydroxylation is 2. The van der Waals surface area contributed by atoms with Crippen molar-refractivity contribution in [2.24, 2.45) is 0 Å². The molecule has 0 nitrogen and oxygen atoms in total. The molecule has 96 valence electrons. The first-order valence-corrected chi connectivity index (χ1v) is 6.87. The fourth-order valence-electron chi connectivity index (χ4n) is 1.94. The Balaban J connectivity index is 2.18. The van der Waals surface area contributed by atoms with E-state index in [0.29, 0.717) is 12.0 Å². The first kappa shape index (κ1) is 13.5. The van der Waals surface area contributed by atoms with Gasteiger partial charge in [-0.3, -0.25) is 0 Å². The second kappa shape index (κ2) is 5.37. The Kier molecular flexibility index (Phi) is 4.03. The molecule has 1 unspecified atom stereocenters. The maximum Gasteiger partial charge on any atom is 0.159 e. The molecule has 0 saturated heterocycles. The van der Waals surface area contributed by atoms with Crippen LogP contribution in [0.25, 0.3) is 0 Å². The number of rotatable bonds is 3. The summed E-state index contributed by atoms with van der Waals surface area (Å²) < 4.78 is 25.9. The Bertz CT molecular complexity index is 563. The highest BCUT2D eigenvalue weighted by atomic mass is 35.5. The topological polar surface area (TPSA) is 0 Å². The van der Waals surface area contributed by atoms with Crippen LogP contribution in [0.1, 0.15) is 26.3 Å². The Morgan fingerprint density at radius 2 is 1.89 bits per heavy atom. The van der Waals surface area contributed by atoms with Crippen molar-refractivity contribution in [2.45, 2.75) is 25.6 Å². The van der Waals surface area contributed by atoms with Crippen LogP contribution in [0.4, 0.5) is 8.78 Å². The minimum Gasteiger partial charge on any atom is -0.204 e. The standard InChI is InChI=1S/C14H13ClF2S/c1-8-5-9(2)18-14(8)11(15)6-10-3-4-12(16)13(17)7-10/h3-5,7,11H,6H2,1-2H3. The summed E-state index contributed by atoms with van der Waals surface area (Å²) in [6, 6.07) is 6.01. The first-order valence-electron chi connectivity index (χ1n) is 5.62. The Hall–Kier alpha value is -0.930. The van der Waals surface area contributed by atoms with Crippen LogP contribution in [0.15, 0.2) is 24.3 Å². The Labute approximate surface area is 114 Å². The molecular formula is C14H13ClF2S. The average Bonchev–Trinajstić information content (AvgIpc) is 2.63. The van der Waals surface area contributed by atoms with Crippen LogP contribution >= 0.6 is 22.9 Å². The van der Waals surface area contributed by atoms with Gasteiger partial charge >= 0.3 is 0 Å². The summed E-state index contributed by atoms with van der Waals surface area (Å²) in [6.07, 6.45) is 0.500. The molecule has 1 heterocycles. The molecule has 2 aromatic rings. The molecule has 0 spiro atoms. The minimum atomic E-state index is -0.826. The van der Waals surface area contributed by atoms with E-state index < -0.39 is 11.6 Å². The lowest BCUT2D eigenvalue weighted by Gasteiger charge is -2.09. The maximum atomic E-state index is 13.1. The normalized spacial score (nSPS) is 12.7. The van der Waals surface area contributed by atoms with Gasteiger partial charge in [0.1, 0.15) is 0 Å². The fraction of sp³-hybridized carbons (Fsp3) is 0.286. The number of thiophene rings is 1. The van der Waals surface area contributed by atoms with Gasteiger partial charge in [-0.25, -0.2) is 8.78 Å². The van der Waals surface area contributed by atoms with Crippen LogP contribution < -0.4 is 0 Å². The quantitative estimate of drug-likeness (QED) is 0.683. The number of benzene rings is 1. The molecule has 0 bridgehead atoms. The van der Waals surface area contributed by atoms with Gasteiger partial charge in [0.2, 0.25) is 0 Å². The third-order valence-electron chi connectivity index (χ3n) is 2.76. The summed E-state index contributed by atoms with van der Waals surface area (Å²) >= 11 is 7.99. The minimum absolute atomic E-state index is 0.200. The van der Waals surface area contributed by atoms with Crippen molar-refractivity contribution in [3.8, 4) is 0 Å². The van der Waals surface area contributed by atoms with E-state index in [4.69, 9.17) is 11.6 Å². The number of halogens is 3. The predicted octanol–water partition coefficient (Wildman–Crippen LogP) is 5.17. The van der Waals surface area contributed by atoms with E-state index in [9.17, 15) is 8.78 Å². The summed E-state index contributed by atoms with van der Waals surface area (Å²) in [5, 5.41) is -0.200. The van der Waals surface area contributed by atoms with Crippen LogP contribution in [-0.2, 0) is 6.42 Å². The zero-order chi connectivity index (χ0) is 13.3. The summed E-state index contributed by atoms with van der Waals surface area (Å²) in [5.74, 6) is -1.65. The van der Waals surface area contributed by atoms with E-state index in [0.717, 1.165) is 16.5 Å². The van der Waals surface area contributed by atoms with Crippen molar-refractivity contribution < 1.29 is 8.78 Å². The second-order valence-electron chi connectivity index (χ2n) is 4.32. The molecule has 4 heteroatoms. The molecule has 0 fully saturated rings. The molecule has 0 saturated carbocycles. The molecule has 0 radical (unpaired) electrons. The lowest BCUT2D eigenvalue weighted by atomic mass is 10.1. The smallest absolute Gasteiger partial charge is 0.159 e. The van der Waals surface area contributed by atoms with Crippen molar-refractivity contribution in [2.75, 3.05) is 0 Å². The lowest BCUT2D eigenvalue weighted by Crippen LogP contribution is -1.97. The monoisotopic (exact) mass is 286 g/mol. The van der Waals surface area contributed by atoms with Crippen LogP contribution in [0.2, 0.25) is 0 Å². The van der Waals surface area contributed by atoms with Crippen molar-refractivity contribution in [3.05, 3.63) is 56.8 Å². The maximum absolute atomic E-state index is 13.1. The van der Waals surface area contributed by atoms with Crippen LogP contribution in [-0.4, -0.2) is 0 Å². The van der Waals surface area contributed by atoms with Crippen LogP contribution in [0.5, 0.6) is 0 Å². The highest BCUT2D eigenvalue weighted by Gasteiger charge is 2.15. The number of hydrogen-bond acceptors (Lipinski definition) is 1. The van der Waals surface area contributed by atoms with E-state index in [1.165, 1.54) is 10.9 Å². The molecule has 18 heavy (non-hydrogen) atoms. The highest BCUT2D eigenvalue weighted by molar-refractivity contribution is 7.12. The molecule has 1 aromatic heterocycles.